The molecule has 8 aromatic carbocycles. The molecule has 12 rings (SSSR count). The quantitative estimate of drug-likeness (QED) is 0.0536. The lowest BCUT2D eigenvalue weighted by atomic mass is 9.91. The second-order valence-electron chi connectivity index (χ2n) is 22.7. The van der Waals surface area contributed by atoms with E-state index in [1.54, 1.807) is 105 Å². The molecule has 0 aromatic heterocycles. The summed E-state index contributed by atoms with van der Waals surface area (Å²) < 4.78 is 0. The topological polar surface area (TPSA) is 256 Å². The SMILES string of the molecule is CN(C)C=O.CN(C)C=O.CN(C)C=O.CN(C)C=O.O=C(CCC(=O)NCC(c1ccccc1)c1ccccc1)NCC(c1ccccc1)c1ccccc1.O=C1NCc2ccc(cc2)CNC(=O)c2cccc(c2)C(=O)NCc2ccc(cc2)CNC(=O)c2cccc1c2. The molecule has 0 fully saturated rings. The first kappa shape index (κ1) is 76.9. The molecule has 0 saturated carbocycles. The zero-order valence-electron chi connectivity index (χ0n) is 55.8. The number of hydrogen-bond acceptors (Lipinski definition) is 10. The lowest BCUT2D eigenvalue weighted by Gasteiger charge is -2.19. The van der Waals surface area contributed by atoms with E-state index in [2.05, 4.69) is 80.4 Å². The molecule has 20 nitrogen and oxygen atoms in total. The third-order valence-electron chi connectivity index (χ3n) is 13.9. The monoisotopic (exact) mass is 1300 g/mol. The van der Waals surface area contributed by atoms with Crippen molar-refractivity contribution in [3.63, 3.8) is 0 Å². The van der Waals surface area contributed by atoms with E-state index in [1.807, 2.05) is 121 Å². The number of carbonyl (C=O) groups excluding carboxylic acids is 10. The maximum absolute atomic E-state index is 12.7. The van der Waals surface area contributed by atoms with E-state index < -0.39 is 0 Å². The molecule has 4 aliphatic heterocycles. The van der Waals surface area contributed by atoms with Crippen LogP contribution in [-0.4, -0.2) is 150 Å². The van der Waals surface area contributed by atoms with Gasteiger partial charge < -0.3 is 51.5 Å². The van der Waals surface area contributed by atoms with Crippen LogP contribution in [0.2, 0.25) is 0 Å². The average molecular weight is 1300 g/mol. The van der Waals surface area contributed by atoms with Crippen LogP contribution in [0.15, 0.2) is 218 Å². The fourth-order valence-corrected chi connectivity index (χ4v) is 8.72. The van der Waals surface area contributed by atoms with Crippen molar-refractivity contribution in [2.45, 2.75) is 50.9 Å². The highest BCUT2D eigenvalue weighted by atomic mass is 16.2. The highest BCUT2D eigenvalue weighted by molar-refractivity contribution is 6.00. The Morgan fingerprint density at radius 2 is 0.531 bits per heavy atom. The molecule has 4 aliphatic rings. The molecule has 0 unspecified atom stereocenters. The van der Waals surface area contributed by atoms with E-state index in [4.69, 9.17) is 0 Å². The Bertz CT molecular complexity index is 3220. The average Bonchev–Trinajstić information content (AvgIpc) is 0.909. The van der Waals surface area contributed by atoms with Crippen molar-refractivity contribution in [2.24, 2.45) is 0 Å². The van der Waals surface area contributed by atoms with E-state index >= 15 is 0 Å². The standard InChI is InChI=1S/C32H28N4O4.C32H32N2O2.4C3H7NO/c37-29-25-3-1-4-26(15-25)30(38)34-18-22-9-13-24(14-10-22)20-36-32(40)28-6-2-5-27(16-28)31(39)35-19-23-11-7-21(8-12-23)17-33-29;35-31(33-23-29(25-13-5-1-6-14-25)26-15-7-2-8-16-26)21-22-32(36)34-24-30(27-17-9-3-10-18-27)28-19-11-4-12-20-28;4*1-4(2)3-5/h1-16H,17-20H2,(H,33,37)(H,34,38)(H,35,39)(H,36,40);1-20,29-30H,21-24H2,(H,33,35)(H,34,36);4*3H,1-2H3. The number of hydrogen-bond donors (Lipinski definition) is 6. The van der Waals surface area contributed by atoms with Crippen LogP contribution in [0.4, 0.5) is 0 Å². The molecule has 8 aromatic rings. The predicted molar refractivity (Wildman–Crippen MR) is 374 cm³/mol. The van der Waals surface area contributed by atoms with Gasteiger partial charge in [0, 0.05) is 143 Å². The third-order valence-corrected chi connectivity index (χ3v) is 13.9. The van der Waals surface area contributed by atoms with Crippen LogP contribution in [0, 0.1) is 0 Å². The number of nitrogens with one attached hydrogen (secondary N) is 6. The van der Waals surface area contributed by atoms with Crippen molar-refractivity contribution in [2.75, 3.05) is 69.5 Å². The van der Waals surface area contributed by atoms with Gasteiger partial charge in [-0.15, -0.1) is 0 Å². The Balaban J connectivity index is 0.000000319. The van der Waals surface area contributed by atoms with Gasteiger partial charge in [-0.05, 0) is 80.9 Å². The summed E-state index contributed by atoms with van der Waals surface area (Å²) in [6, 6.07) is 68.9. The van der Waals surface area contributed by atoms with Gasteiger partial charge in [-0.3, -0.25) is 47.9 Å². The van der Waals surface area contributed by atoms with Gasteiger partial charge in [0.05, 0.1) is 0 Å². The number of carbonyl (C=O) groups is 10. The predicted octanol–water partition coefficient (Wildman–Crippen LogP) is 8.20. The van der Waals surface area contributed by atoms with Gasteiger partial charge >= 0.3 is 0 Å². The normalized spacial score (nSPS) is 11.6. The summed E-state index contributed by atoms with van der Waals surface area (Å²) in [5, 5.41) is 17.6. The Kier molecular flexibility index (Phi) is 34.7. The fourth-order valence-electron chi connectivity index (χ4n) is 8.72. The van der Waals surface area contributed by atoms with Gasteiger partial charge in [0.2, 0.25) is 37.5 Å². The molecule has 20 heteroatoms. The van der Waals surface area contributed by atoms with Crippen LogP contribution >= 0.6 is 0 Å². The molecule has 6 N–H and O–H groups in total. The van der Waals surface area contributed by atoms with Gasteiger partial charge in [-0.2, -0.15) is 0 Å². The van der Waals surface area contributed by atoms with Crippen LogP contribution in [0.1, 0.15) is 111 Å². The molecule has 0 spiro atoms. The first-order valence-corrected chi connectivity index (χ1v) is 30.9. The van der Waals surface area contributed by atoms with Crippen LogP contribution in [0.5, 0.6) is 0 Å². The maximum Gasteiger partial charge on any atom is 0.251 e. The first-order valence-electron chi connectivity index (χ1n) is 30.9. The highest BCUT2D eigenvalue weighted by Gasteiger charge is 2.19. The summed E-state index contributed by atoms with van der Waals surface area (Å²) >= 11 is 0. The smallest absolute Gasteiger partial charge is 0.251 e. The van der Waals surface area contributed by atoms with Gasteiger partial charge in [-0.1, -0.05) is 182 Å². The molecule has 96 heavy (non-hydrogen) atoms. The molecule has 4 heterocycles. The summed E-state index contributed by atoms with van der Waals surface area (Å²) in [5.74, 6) is -1.25. The Hall–Kier alpha value is -11.5. The number of nitrogens with zero attached hydrogens (tertiary/aromatic N) is 4. The van der Waals surface area contributed by atoms with Crippen molar-refractivity contribution >= 4 is 61.1 Å². The Morgan fingerprint density at radius 1 is 0.333 bits per heavy atom. The summed E-state index contributed by atoms with van der Waals surface area (Å²) in [7, 11) is 13.5. The fraction of sp³-hybridized carbons (Fsp3) is 0.237. The first-order chi connectivity index (χ1) is 46.2. The van der Waals surface area contributed by atoms with Crippen LogP contribution in [-0.2, 0) is 54.9 Å². The van der Waals surface area contributed by atoms with Crippen LogP contribution in [0.3, 0.4) is 0 Å². The van der Waals surface area contributed by atoms with Gasteiger partial charge in [0.25, 0.3) is 23.6 Å². The second-order valence-corrected chi connectivity index (χ2v) is 22.7. The van der Waals surface area contributed by atoms with Gasteiger partial charge in [0.1, 0.15) is 0 Å². The van der Waals surface area contributed by atoms with Gasteiger partial charge in [-0.25, -0.2) is 0 Å². The van der Waals surface area contributed by atoms with Crippen molar-refractivity contribution in [3.05, 3.63) is 285 Å². The number of benzene rings is 8. The molecule has 0 saturated heterocycles. The molecular weight excluding hydrogens is 1210 g/mol. The van der Waals surface area contributed by atoms with Crippen molar-refractivity contribution in [1.29, 1.82) is 0 Å². The second kappa shape index (κ2) is 43.3. The summed E-state index contributed by atoms with van der Waals surface area (Å²) in [6.45, 7) is 2.22. The van der Waals surface area contributed by atoms with E-state index in [9.17, 15) is 47.9 Å². The van der Waals surface area contributed by atoms with E-state index in [-0.39, 0.29) is 60.1 Å². The van der Waals surface area contributed by atoms with Crippen LogP contribution in [0.25, 0.3) is 0 Å². The summed E-state index contributed by atoms with van der Waals surface area (Å²) in [5.41, 5.74) is 9.73. The number of rotatable bonds is 15. The zero-order valence-corrected chi connectivity index (χ0v) is 55.8. The van der Waals surface area contributed by atoms with Crippen molar-refractivity contribution in [3.8, 4) is 0 Å². The van der Waals surface area contributed by atoms with Crippen molar-refractivity contribution in [1.82, 2.24) is 51.5 Å². The Morgan fingerprint density at radius 3 is 0.719 bits per heavy atom. The molecule has 0 atom stereocenters. The minimum absolute atomic E-state index is 0.0580. The summed E-state index contributed by atoms with van der Waals surface area (Å²) in [4.78, 5) is 120. The summed E-state index contributed by atoms with van der Waals surface area (Å²) in [6.07, 6.45) is 3.31. The zero-order chi connectivity index (χ0) is 70.0. The Labute approximate surface area is 563 Å². The molecule has 0 aliphatic carbocycles. The molecular formula is C76H88N10O10. The molecule has 502 valence electrons. The van der Waals surface area contributed by atoms with E-state index in [0.29, 0.717) is 61.5 Å². The molecule has 10 amide bonds. The lowest BCUT2D eigenvalue weighted by molar-refractivity contribution is -0.126. The van der Waals surface area contributed by atoms with E-state index in [1.165, 1.54) is 19.6 Å². The lowest BCUT2D eigenvalue weighted by Crippen LogP contribution is -2.32. The van der Waals surface area contributed by atoms with Gasteiger partial charge in [0.15, 0.2) is 0 Å². The maximum atomic E-state index is 12.7. The molecule has 8 bridgehead atoms. The largest absolute Gasteiger partial charge is 0.355 e. The number of amides is 10. The highest BCUT2D eigenvalue weighted by Crippen LogP contribution is 2.25. The van der Waals surface area contributed by atoms with E-state index in [0.717, 1.165) is 70.1 Å². The minimum Gasteiger partial charge on any atom is -0.355 e. The minimum atomic E-state index is -0.280. The third kappa shape index (κ3) is 29.8. The van der Waals surface area contributed by atoms with Crippen LogP contribution < -0.4 is 31.9 Å². The molecule has 0 radical (unpaired) electrons. The van der Waals surface area contributed by atoms with Crippen molar-refractivity contribution < 1.29 is 47.9 Å².